The average Bonchev–Trinajstić information content (AvgIpc) is 2.98. The Hall–Kier alpha value is -2.25. The van der Waals surface area contributed by atoms with Gasteiger partial charge in [-0.05, 0) is 70.1 Å². The van der Waals surface area contributed by atoms with Crippen LogP contribution in [0.3, 0.4) is 0 Å². The molecule has 28 heavy (non-hydrogen) atoms. The van der Waals surface area contributed by atoms with Crippen LogP contribution in [0.2, 0.25) is 0 Å². The van der Waals surface area contributed by atoms with E-state index in [9.17, 15) is 0 Å². The van der Waals surface area contributed by atoms with Crippen LogP contribution in [0, 0.1) is 18.6 Å². The standard InChI is InChI=1S/C21H28N6S/c1-16-13-17(2)27-20(22-16)23-26(21(27)28)15-24(3)14-18-9-5-6-10-19(18)25-11-7-4-8-12-25/h5-6,9-10,13H,4,7-8,11-12,14-15H2,1-3H3. The number of aromatic nitrogens is 4. The zero-order valence-corrected chi connectivity index (χ0v) is 17.7. The SMILES string of the molecule is Cc1cc(C)n2c(=S)n(CN(C)Cc3ccccc3N3CCCCC3)nc2n1. The first-order valence-corrected chi connectivity index (χ1v) is 10.4. The van der Waals surface area contributed by atoms with Crippen LogP contribution < -0.4 is 4.90 Å². The van der Waals surface area contributed by atoms with E-state index in [-0.39, 0.29) is 0 Å². The Kier molecular flexibility index (Phi) is 5.46. The number of fused-ring (bicyclic) bond motifs is 1. The maximum absolute atomic E-state index is 5.66. The monoisotopic (exact) mass is 396 g/mol. The number of aryl methyl sites for hydroxylation is 2. The van der Waals surface area contributed by atoms with Gasteiger partial charge in [0.1, 0.15) is 0 Å². The Morgan fingerprint density at radius 1 is 1.11 bits per heavy atom. The molecule has 0 unspecified atom stereocenters. The lowest BCUT2D eigenvalue weighted by molar-refractivity contribution is 0.244. The zero-order chi connectivity index (χ0) is 19.7. The molecule has 0 amide bonds. The third kappa shape index (κ3) is 3.82. The summed E-state index contributed by atoms with van der Waals surface area (Å²) >= 11 is 5.66. The second-order valence-corrected chi connectivity index (χ2v) is 8.15. The molecule has 1 saturated heterocycles. The van der Waals surface area contributed by atoms with Gasteiger partial charge in [-0.3, -0.25) is 9.30 Å². The number of benzene rings is 1. The summed E-state index contributed by atoms with van der Waals surface area (Å²) in [6.07, 6.45) is 3.91. The first-order valence-electron chi connectivity index (χ1n) is 9.98. The maximum atomic E-state index is 5.66. The van der Waals surface area contributed by atoms with Crippen LogP contribution in [0.25, 0.3) is 5.78 Å². The molecule has 0 atom stereocenters. The number of anilines is 1. The van der Waals surface area contributed by atoms with E-state index in [2.05, 4.69) is 51.2 Å². The Bertz CT molecular complexity index is 1030. The Morgan fingerprint density at radius 2 is 1.86 bits per heavy atom. The number of rotatable bonds is 5. The largest absolute Gasteiger partial charge is 0.371 e. The van der Waals surface area contributed by atoms with Crippen molar-refractivity contribution >= 4 is 23.7 Å². The molecular weight excluding hydrogens is 368 g/mol. The van der Waals surface area contributed by atoms with Crippen LogP contribution in [0.1, 0.15) is 36.2 Å². The van der Waals surface area contributed by atoms with Gasteiger partial charge in [0.05, 0.1) is 6.67 Å². The predicted octanol–water partition coefficient (Wildman–Crippen LogP) is 3.96. The van der Waals surface area contributed by atoms with E-state index in [0.29, 0.717) is 17.2 Å². The summed E-state index contributed by atoms with van der Waals surface area (Å²) in [5.41, 5.74) is 4.74. The van der Waals surface area contributed by atoms with Crippen molar-refractivity contribution < 1.29 is 0 Å². The van der Waals surface area contributed by atoms with Crippen LogP contribution in [0.5, 0.6) is 0 Å². The number of para-hydroxylation sites is 1. The average molecular weight is 397 g/mol. The van der Waals surface area contributed by atoms with Crippen molar-refractivity contribution in [3.63, 3.8) is 0 Å². The molecule has 0 spiro atoms. The van der Waals surface area contributed by atoms with Crippen molar-refractivity contribution in [3.05, 3.63) is 52.1 Å². The van der Waals surface area contributed by atoms with Crippen LogP contribution in [-0.4, -0.2) is 44.2 Å². The number of hydrogen-bond acceptors (Lipinski definition) is 5. The fraction of sp³-hybridized carbons (Fsp3) is 0.476. The molecule has 6 nitrogen and oxygen atoms in total. The van der Waals surface area contributed by atoms with Crippen molar-refractivity contribution in [2.75, 3.05) is 25.0 Å². The van der Waals surface area contributed by atoms with Gasteiger partial charge in [-0.25, -0.2) is 9.67 Å². The molecule has 3 heterocycles. The van der Waals surface area contributed by atoms with Crippen LogP contribution in [0.15, 0.2) is 30.3 Å². The van der Waals surface area contributed by atoms with Crippen LogP contribution >= 0.6 is 12.2 Å². The molecular formula is C21H28N6S. The molecule has 3 aromatic rings. The van der Waals surface area contributed by atoms with Crippen molar-refractivity contribution in [2.45, 2.75) is 46.3 Å². The number of hydrogen-bond donors (Lipinski definition) is 0. The van der Waals surface area contributed by atoms with Gasteiger partial charge in [-0.2, -0.15) is 0 Å². The molecule has 1 fully saturated rings. The van der Waals surface area contributed by atoms with E-state index in [1.807, 2.05) is 29.0 Å². The number of nitrogens with zero attached hydrogens (tertiary/aromatic N) is 6. The number of piperidine rings is 1. The van der Waals surface area contributed by atoms with Gasteiger partial charge in [0.2, 0.25) is 4.77 Å². The van der Waals surface area contributed by atoms with Crippen LogP contribution in [-0.2, 0) is 13.2 Å². The Morgan fingerprint density at radius 3 is 2.64 bits per heavy atom. The quantitative estimate of drug-likeness (QED) is 0.611. The molecule has 1 aromatic carbocycles. The lowest BCUT2D eigenvalue weighted by Crippen LogP contribution is -2.31. The second kappa shape index (κ2) is 8.01. The summed E-state index contributed by atoms with van der Waals surface area (Å²) in [6.45, 7) is 7.83. The van der Waals surface area contributed by atoms with Crippen molar-refractivity contribution in [1.82, 2.24) is 24.1 Å². The van der Waals surface area contributed by atoms with Crippen molar-refractivity contribution in [3.8, 4) is 0 Å². The van der Waals surface area contributed by atoms with Crippen molar-refractivity contribution in [1.29, 1.82) is 0 Å². The molecule has 0 saturated carbocycles. The fourth-order valence-electron chi connectivity index (χ4n) is 4.08. The molecule has 1 aliphatic rings. The van der Waals surface area contributed by atoms with Gasteiger partial charge < -0.3 is 4.90 Å². The highest BCUT2D eigenvalue weighted by molar-refractivity contribution is 7.71. The summed E-state index contributed by atoms with van der Waals surface area (Å²) < 4.78 is 4.50. The first kappa shape index (κ1) is 19.1. The normalized spacial score (nSPS) is 14.9. The molecule has 0 N–H and O–H groups in total. The fourth-order valence-corrected chi connectivity index (χ4v) is 4.41. The third-order valence-corrected chi connectivity index (χ3v) is 5.77. The minimum Gasteiger partial charge on any atom is -0.371 e. The zero-order valence-electron chi connectivity index (χ0n) is 16.9. The smallest absolute Gasteiger partial charge is 0.254 e. The van der Waals surface area contributed by atoms with Gasteiger partial charge in [-0.1, -0.05) is 18.2 Å². The van der Waals surface area contributed by atoms with Gasteiger partial charge in [0.15, 0.2) is 0 Å². The lowest BCUT2D eigenvalue weighted by Gasteiger charge is -2.31. The van der Waals surface area contributed by atoms with Gasteiger partial charge >= 0.3 is 0 Å². The molecule has 0 radical (unpaired) electrons. The van der Waals surface area contributed by atoms with Gasteiger partial charge in [-0.15, -0.1) is 5.10 Å². The van der Waals surface area contributed by atoms with E-state index in [0.717, 1.165) is 31.0 Å². The summed E-state index contributed by atoms with van der Waals surface area (Å²) in [7, 11) is 2.12. The van der Waals surface area contributed by atoms with Gasteiger partial charge in [0, 0.05) is 36.7 Å². The Balaban J connectivity index is 1.55. The summed E-state index contributed by atoms with van der Waals surface area (Å²) in [5, 5.41) is 4.64. The lowest BCUT2D eigenvalue weighted by atomic mass is 10.1. The highest BCUT2D eigenvalue weighted by Crippen LogP contribution is 2.25. The topological polar surface area (TPSA) is 41.6 Å². The van der Waals surface area contributed by atoms with Gasteiger partial charge in [0.25, 0.3) is 5.78 Å². The van der Waals surface area contributed by atoms with E-state index in [4.69, 9.17) is 12.2 Å². The molecule has 0 bridgehead atoms. The minimum atomic E-state index is 0.634. The highest BCUT2D eigenvalue weighted by Gasteiger charge is 2.16. The van der Waals surface area contributed by atoms with Crippen LogP contribution in [0.4, 0.5) is 5.69 Å². The predicted molar refractivity (Wildman–Crippen MR) is 115 cm³/mol. The van der Waals surface area contributed by atoms with E-state index < -0.39 is 0 Å². The van der Waals surface area contributed by atoms with Crippen molar-refractivity contribution in [2.24, 2.45) is 0 Å². The summed E-state index contributed by atoms with van der Waals surface area (Å²) in [6, 6.07) is 10.8. The minimum absolute atomic E-state index is 0.634. The summed E-state index contributed by atoms with van der Waals surface area (Å²) in [4.78, 5) is 9.31. The third-order valence-electron chi connectivity index (χ3n) is 5.37. The first-order chi connectivity index (χ1) is 13.5. The molecule has 4 rings (SSSR count). The second-order valence-electron chi connectivity index (χ2n) is 7.79. The Labute approximate surface area is 171 Å². The van der Waals surface area contributed by atoms with E-state index in [1.165, 1.54) is 30.5 Å². The molecule has 0 aliphatic carbocycles. The van der Waals surface area contributed by atoms with E-state index in [1.54, 1.807) is 0 Å². The molecule has 2 aromatic heterocycles. The molecule has 148 valence electrons. The maximum Gasteiger partial charge on any atom is 0.254 e. The summed E-state index contributed by atoms with van der Waals surface area (Å²) in [5.74, 6) is 0.671. The molecule has 1 aliphatic heterocycles. The highest BCUT2D eigenvalue weighted by atomic mass is 32.1. The molecule has 7 heteroatoms. The van der Waals surface area contributed by atoms with E-state index >= 15 is 0 Å².